The van der Waals surface area contributed by atoms with E-state index in [4.69, 9.17) is 0 Å². The lowest BCUT2D eigenvalue weighted by atomic mass is 10.0. The number of nitrogens with zero attached hydrogens (tertiary/aromatic N) is 4. The summed E-state index contributed by atoms with van der Waals surface area (Å²) in [5.74, 6) is 0.646. The molecule has 1 aromatic heterocycles. The van der Waals surface area contributed by atoms with Gasteiger partial charge in [-0.3, -0.25) is 4.79 Å². The predicted octanol–water partition coefficient (Wildman–Crippen LogP) is 2.82. The van der Waals surface area contributed by atoms with Crippen molar-refractivity contribution in [1.29, 1.82) is 0 Å². The molecule has 0 bridgehead atoms. The van der Waals surface area contributed by atoms with E-state index in [9.17, 15) is 4.79 Å². The Morgan fingerprint density at radius 3 is 2.54 bits per heavy atom. The Hall–Kier alpha value is -3.02. The summed E-state index contributed by atoms with van der Waals surface area (Å²) in [4.78, 5) is 13.5. The van der Waals surface area contributed by atoms with Gasteiger partial charge in [-0.05, 0) is 28.7 Å². The van der Waals surface area contributed by atoms with E-state index < -0.39 is 0 Å². The molecule has 2 aromatic carbocycles. The summed E-state index contributed by atoms with van der Waals surface area (Å²) in [6.07, 6.45) is 0.988. The molecule has 0 unspecified atom stereocenters. The zero-order valence-electron chi connectivity index (χ0n) is 15.1. The van der Waals surface area contributed by atoms with Gasteiger partial charge in [-0.25, -0.2) is 0 Å². The molecule has 0 saturated carbocycles. The highest BCUT2D eigenvalue weighted by atomic mass is 16.2. The van der Waals surface area contributed by atoms with E-state index in [1.54, 1.807) is 0 Å². The van der Waals surface area contributed by atoms with Crippen LogP contribution in [0.15, 0.2) is 54.6 Å². The summed E-state index contributed by atoms with van der Waals surface area (Å²) in [7, 11) is 0. The van der Waals surface area contributed by atoms with Crippen molar-refractivity contribution < 1.29 is 4.79 Å². The third kappa shape index (κ3) is 4.53. The molecule has 0 aliphatic carbocycles. The molecule has 1 atom stereocenters. The van der Waals surface area contributed by atoms with Gasteiger partial charge in [0.1, 0.15) is 6.54 Å². The van der Waals surface area contributed by atoms with Gasteiger partial charge in [0, 0.05) is 12.1 Å². The second kappa shape index (κ2) is 8.38. The van der Waals surface area contributed by atoms with Crippen LogP contribution in [0, 0.1) is 0 Å². The standard InChI is InChI=1S/C20H23N5O/c1-3-16-9-11-18(12-10-16)20-22-24-25(23-20)14-19(26)21-13-15(2)17-7-5-4-6-8-17/h4-12,15H,3,13-14H2,1-2H3,(H,21,26)/t15-/m0/s1. The van der Waals surface area contributed by atoms with Gasteiger partial charge in [-0.15, -0.1) is 10.2 Å². The van der Waals surface area contributed by atoms with Crippen molar-refractivity contribution in [2.75, 3.05) is 6.54 Å². The molecule has 1 N–H and O–H groups in total. The normalized spacial score (nSPS) is 11.9. The molecule has 1 amide bonds. The minimum absolute atomic E-state index is 0.0571. The van der Waals surface area contributed by atoms with Gasteiger partial charge in [0.15, 0.2) is 0 Å². The first-order valence-electron chi connectivity index (χ1n) is 8.84. The lowest BCUT2D eigenvalue weighted by molar-refractivity contribution is -0.122. The van der Waals surface area contributed by atoms with E-state index in [0.29, 0.717) is 12.4 Å². The summed E-state index contributed by atoms with van der Waals surface area (Å²) >= 11 is 0. The molecule has 0 fully saturated rings. The molecule has 0 radical (unpaired) electrons. The zero-order valence-corrected chi connectivity index (χ0v) is 15.1. The van der Waals surface area contributed by atoms with E-state index in [1.165, 1.54) is 15.9 Å². The van der Waals surface area contributed by atoms with Crippen molar-refractivity contribution >= 4 is 5.91 Å². The maximum atomic E-state index is 12.1. The third-order valence-electron chi connectivity index (χ3n) is 4.33. The van der Waals surface area contributed by atoms with E-state index >= 15 is 0 Å². The Morgan fingerprint density at radius 1 is 1.12 bits per heavy atom. The van der Waals surface area contributed by atoms with Crippen LogP contribution < -0.4 is 5.32 Å². The van der Waals surface area contributed by atoms with Crippen LogP contribution in [0.5, 0.6) is 0 Å². The lowest BCUT2D eigenvalue weighted by Gasteiger charge is -2.12. The van der Waals surface area contributed by atoms with Gasteiger partial charge in [0.25, 0.3) is 0 Å². The van der Waals surface area contributed by atoms with E-state index in [1.807, 2.05) is 42.5 Å². The predicted molar refractivity (Wildman–Crippen MR) is 100 cm³/mol. The van der Waals surface area contributed by atoms with Gasteiger partial charge >= 0.3 is 0 Å². The molecular formula is C20H23N5O. The summed E-state index contributed by atoms with van der Waals surface area (Å²) in [6, 6.07) is 18.2. The number of nitrogens with one attached hydrogen (secondary N) is 1. The van der Waals surface area contributed by atoms with Crippen LogP contribution in [0.4, 0.5) is 0 Å². The number of benzene rings is 2. The Bertz CT molecular complexity index is 842. The van der Waals surface area contributed by atoms with Crippen LogP contribution in [0.2, 0.25) is 0 Å². The number of amides is 1. The van der Waals surface area contributed by atoms with Gasteiger partial charge in [-0.2, -0.15) is 4.80 Å². The highest BCUT2D eigenvalue weighted by Gasteiger charge is 2.11. The molecule has 0 aliphatic rings. The number of carbonyl (C=O) groups is 1. The summed E-state index contributed by atoms with van der Waals surface area (Å²) < 4.78 is 0. The van der Waals surface area contributed by atoms with E-state index in [-0.39, 0.29) is 18.4 Å². The third-order valence-corrected chi connectivity index (χ3v) is 4.33. The van der Waals surface area contributed by atoms with Gasteiger partial charge in [-0.1, -0.05) is 68.4 Å². The Labute approximate surface area is 153 Å². The number of carbonyl (C=O) groups excluding carboxylic acids is 1. The highest BCUT2D eigenvalue weighted by Crippen LogP contribution is 2.15. The molecule has 134 valence electrons. The fourth-order valence-electron chi connectivity index (χ4n) is 2.67. The molecule has 0 saturated heterocycles. The van der Waals surface area contributed by atoms with Gasteiger partial charge < -0.3 is 5.32 Å². The smallest absolute Gasteiger partial charge is 0.243 e. The molecular weight excluding hydrogens is 326 g/mol. The molecule has 3 rings (SSSR count). The Kier molecular flexibility index (Phi) is 5.73. The van der Waals surface area contributed by atoms with Crippen LogP contribution in [0.25, 0.3) is 11.4 Å². The van der Waals surface area contributed by atoms with Crippen LogP contribution >= 0.6 is 0 Å². The molecule has 0 spiro atoms. The lowest BCUT2D eigenvalue weighted by Crippen LogP contribution is -2.31. The summed E-state index contributed by atoms with van der Waals surface area (Å²) in [5, 5.41) is 15.2. The fourth-order valence-corrected chi connectivity index (χ4v) is 2.67. The average molecular weight is 349 g/mol. The van der Waals surface area contributed by atoms with Crippen LogP contribution in [-0.4, -0.2) is 32.7 Å². The maximum Gasteiger partial charge on any atom is 0.243 e. The van der Waals surface area contributed by atoms with E-state index in [2.05, 4.69) is 46.7 Å². The second-order valence-corrected chi connectivity index (χ2v) is 6.31. The fraction of sp³-hybridized carbons (Fsp3) is 0.300. The first-order chi connectivity index (χ1) is 12.7. The first-order valence-corrected chi connectivity index (χ1v) is 8.84. The topological polar surface area (TPSA) is 72.7 Å². The van der Waals surface area contributed by atoms with Crippen molar-refractivity contribution in [3.8, 4) is 11.4 Å². The van der Waals surface area contributed by atoms with Crippen molar-refractivity contribution in [2.45, 2.75) is 32.7 Å². The quantitative estimate of drug-likeness (QED) is 0.712. The molecule has 6 heteroatoms. The van der Waals surface area contributed by atoms with Crippen LogP contribution in [0.1, 0.15) is 30.9 Å². The molecule has 26 heavy (non-hydrogen) atoms. The minimum atomic E-state index is -0.127. The number of aromatic nitrogens is 4. The minimum Gasteiger partial charge on any atom is -0.354 e. The van der Waals surface area contributed by atoms with Crippen molar-refractivity contribution in [3.05, 3.63) is 65.7 Å². The Balaban J connectivity index is 1.54. The maximum absolute atomic E-state index is 12.1. The number of hydrogen-bond donors (Lipinski definition) is 1. The SMILES string of the molecule is CCc1ccc(-c2nnn(CC(=O)NC[C@H](C)c3ccccc3)n2)cc1. The number of rotatable bonds is 7. The molecule has 1 heterocycles. The zero-order chi connectivity index (χ0) is 18.4. The average Bonchev–Trinajstić information content (AvgIpc) is 3.15. The number of tetrazole rings is 1. The van der Waals surface area contributed by atoms with Crippen molar-refractivity contribution in [1.82, 2.24) is 25.5 Å². The monoisotopic (exact) mass is 349 g/mol. The van der Waals surface area contributed by atoms with Crippen LogP contribution in [0.3, 0.4) is 0 Å². The Morgan fingerprint density at radius 2 is 1.85 bits per heavy atom. The number of hydrogen-bond acceptors (Lipinski definition) is 4. The molecule has 3 aromatic rings. The number of aryl methyl sites for hydroxylation is 1. The second-order valence-electron chi connectivity index (χ2n) is 6.31. The van der Waals surface area contributed by atoms with Gasteiger partial charge in [0.05, 0.1) is 0 Å². The summed E-state index contributed by atoms with van der Waals surface area (Å²) in [5.41, 5.74) is 3.35. The molecule has 6 nitrogen and oxygen atoms in total. The first kappa shape index (κ1) is 17.8. The van der Waals surface area contributed by atoms with Crippen molar-refractivity contribution in [2.24, 2.45) is 0 Å². The van der Waals surface area contributed by atoms with Crippen LogP contribution in [-0.2, 0) is 17.8 Å². The van der Waals surface area contributed by atoms with Crippen molar-refractivity contribution in [3.63, 3.8) is 0 Å². The largest absolute Gasteiger partial charge is 0.354 e. The summed E-state index contributed by atoms with van der Waals surface area (Å²) in [6.45, 7) is 4.83. The highest BCUT2D eigenvalue weighted by molar-refractivity contribution is 5.75. The van der Waals surface area contributed by atoms with Gasteiger partial charge in [0.2, 0.25) is 11.7 Å². The van der Waals surface area contributed by atoms with E-state index in [0.717, 1.165) is 12.0 Å². The molecule has 0 aliphatic heterocycles.